The zero-order valence-electron chi connectivity index (χ0n) is 11.8. The molecule has 0 bridgehead atoms. The summed E-state index contributed by atoms with van der Waals surface area (Å²) in [5.74, 6) is -1.08. The second-order valence-electron chi connectivity index (χ2n) is 6.37. The highest BCUT2D eigenvalue weighted by Gasteiger charge is 2.38. The first-order valence-corrected chi connectivity index (χ1v) is 7.57. The van der Waals surface area contributed by atoms with E-state index in [0.717, 1.165) is 13.0 Å². The summed E-state index contributed by atoms with van der Waals surface area (Å²) in [5.41, 5.74) is 0.342. The first kappa shape index (κ1) is 14.4. The van der Waals surface area contributed by atoms with E-state index in [9.17, 15) is 9.59 Å². The average molecular weight is 267 g/mol. The molecule has 108 valence electrons. The van der Waals surface area contributed by atoms with E-state index in [1.54, 1.807) is 0 Å². The van der Waals surface area contributed by atoms with Crippen molar-refractivity contribution in [3.05, 3.63) is 0 Å². The molecule has 2 aliphatic carbocycles. The van der Waals surface area contributed by atoms with E-state index in [1.165, 1.54) is 32.1 Å². The predicted molar refractivity (Wildman–Crippen MR) is 72.7 cm³/mol. The number of rotatable bonds is 6. The van der Waals surface area contributed by atoms with E-state index in [-0.39, 0.29) is 17.7 Å². The maximum absolute atomic E-state index is 12.1. The van der Waals surface area contributed by atoms with Gasteiger partial charge in [0.15, 0.2) is 0 Å². The number of aliphatic carboxylic acids is 1. The number of hydrogen-bond donors (Lipinski definition) is 2. The topological polar surface area (TPSA) is 66.4 Å². The second kappa shape index (κ2) is 5.93. The van der Waals surface area contributed by atoms with Crippen molar-refractivity contribution in [2.45, 2.75) is 58.3 Å². The summed E-state index contributed by atoms with van der Waals surface area (Å²) in [6, 6.07) is 0. The van der Waals surface area contributed by atoms with Crippen molar-refractivity contribution in [1.29, 1.82) is 0 Å². The third-order valence-corrected chi connectivity index (χ3v) is 4.98. The van der Waals surface area contributed by atoms with Crippen molar-refractivity contribution in [3.8, 4) is 0 Å². The molecule has 2 aliphatic rings. The van der Waals surface area contributed by atoms with E-state index in [4.69, 9.17) is 5.11 Å². The highest BCUT2D eigenvalue weighted by Crippen LogP contribution is 2.44. The van der Waals surface area contributed by atoms with Crippen LogP contribution in [0.1, 0.15) is 58.3 Å². The van der Waals surface area contributed by atoms with Crippen LogP contribution in [0, 0.1) is 17.3 Å². The maximum Gasteiger partial charge on any atom is 0.306 e. The van der Waals surface area contributed by atoms with E-state index in [0.29, 0.717) is 18.3 Å². The Morgan fingerprint density at radius 2 is 1.95 bits per heavy atom. The van der Waals surface area contributed by atoms with Crippen molar-refractivity contribution in [1.82, 2.24) is 5.32 Å². The molecule has 0 radical (unpaired) electrons. The number of hydrogen-bond acceptors (Lipinski definition) is 2. The molecule has 0 aromatic rings. The number of carboxylic acids is 1. The summed E-state index contributed by atoms with van der Waals surface area (Å²) in [7, 11) is 0. The largest absolute Gasteiger partial charge is 0.481 e. The highest BCUT2D eigenvalue weighted by atomic mass is 16.4. The molecule has 2 atom stereocenters. The molecule has 4 nitrogen and oxygen atoms in total. The van der Waals surface area contributed by atoms with Gasteiger partial charge in [0.05, 0.1) is 5.92 Å². The van der Waals surface area contributed by atoms with Gasteiger partial charge < -0.3 is 10.4 Å². The molecular weight excluding hydrogens is 242 g/mol. The molecule has 0 unspecified atom stereocenters. The van der Waals surface area contributed by atoms with E-state index >= 15 is 0 Å². The van der Waals surface area contributed by atoms with Crippen molar-refractivity contribution >= 4 is 11.9 Å². The number of carboxylic acid groups (broad SMARTS) is 1. The van der Waals surface area contributed by atoms with Crippen LogP contribution in [0.4, 0.5) is 0 Å². The van der Waals surface area contributed by atoms with Gasteiger partial charge in [0.25, 0.3) is 0 Å². The van der Waals surface area contributed by atoms with Gasteiger partial charge >= 0.3 is 5.97 Å². The quantitative estimate of drug-likeness (QED) is 0.777. The Labute approximate surface area is 115 Å². The molecule has 2 N–H and O–H groups in total. The summed E-state index contributed by atoms with van der Waals surface area (Å²) < 4.78 is 0. The van der Waals surface area contributed by atoms with Crippen LogP contribution in [-0.2, 0) is 9.59 Å². The standard InChI is InChI=1S/C15H25NO3/c1-2-6-15(7-3-8-15)10-16-13(17)11-4-5-12(9-11)14(18)19/h11-12H,2-10H2,1H3,(H,16,17)(H,18,19)/t11-,12+/m1/s1. The SMILES string of the molecule is CCCC1(CNC(=O)[C@@H]2CC[C@H](C(=O)O)C2)CCC1. The lowest BCUT2D eigenvalue weighted by atomic mass is 9.66. The summed E-state index contributed by atoms with van der Waals surface area (Å²) in [6.45, 7) is 2.98. The first-order chi connectivity index (χ1) is 9.06. The van der Waals surface area contributed by atoms with Gasteiger partial charge in [0.1, 0.15) is 0 Å². The molecule has 0 saturated heterocycles. The van der Waals surface area contributed by atoms with Crippen molar-refractivity contribution < 1.29 is 14.7 Å². The molecule has 2 rings (SSSR count). The van der Waals surface area contributed by atoms with Crippen LogP contribution < -0.4 is 5.32 Å². The van der Waals surface area contributed by atoms with Crippen LogP contribution in [0.3, 0.4) is 0 Å². The molecule has 0 heterocycles. The van der Waals surface area contributed by atoms with Crippen LogP contribution >= 0.6 is 0 Å². The summed E-state index contributed by atoms with van der Waals surface area (Å²) in [6.07, 6.45) is 7.97. The van der Waals surface area contributed by atoms with Gasteiger partial charge in [-0.3, -0.25) is 9.59 Å². The van der Waals surface area contributed by atoms with E-state index < -0.39 is 5.97 Å². The Hall–Kier alpha value is -1.06. The fourth-order valence-electron chi connectivity index (χ4n) is 3.59. The lowest BCUT2D eigenvalue weighted by molar-refractivity contribution is -0.141. The fourth-order valence-corrected chi connectivity index (χ4v) is 3.59. The van der Waals surface area contributed by atoms with Gasteiger partial charge in [-0.1, -0.05) is 19.8 Å². The minimum atomic E-state index is -0.753. The minimum Gasteiger partial charge on any atom is -0.481 e. The molecule has 0 spiro atoms. The molecule has 0 aromatic heterocycles. The zero-order chi connectivity index (χ0) is 13.9. The molecule has 19 heavy (non-hydrogen) atoms. The molecule has 2 saturated carbocycles. The summed E-state index contributed by atoms with van der Waals surface area (Å²) >= 11 is 0. The van der Waals surface area contributed by atoms with Gasteiger partial charge in [-0.2, -0.15) is 0 Å². The third-order valence-electron chi connectivity index (χ3n) is 4.98. The summed E-state index contributed by atoms with van der Waals surface area (Å²) in [5, 5.41) is 12.0. The van der Waals surface area contributed by atoms with Gasteiger partial charge in [-0.15, -0.1) is 0 Å². The Morgan fingerprint density at radius 1 is 1.26 bits per heavy atom. The van der Waals surface area contributed by atoms with Gasteiger partial charge in [-0.25, -0.2) is 0 Å². The normalized spacial score (nSPS) is 28.7. The predicted octanol–water partition coefficient (Wildman–Crippen LogP) is 2.57. The van der Waals surface area contributed by atoms with Crippen LogP contribution in [0.2, 0.25) is 0 Å². The monoisotopic (exact) mass is 267 g/mol. The third kappa shape index (κ3) is 3.28. The smallest absolute Gasteiger partial charge is 0.306 e. The Morgan fingerprint density at radius 3 is 2.42 bits per heavy atom. The van der Waals surface area contributed by atoms with E-state index in [1.807, 2.05) is 0 Å². The van der Waals surface area contributed by atoms with Gasteiger partial charge in [0.2, 0.25) is 5.91 Å². The zero-order valence-corrected chi connectivity index (χ0v) is 11.8. The molecule has 4 heteroatoms. The number of amides is 1. The first-order valence-electron chi connectivity index (χ1n) is 7.57. The Balaban J connectivity index is 1.77. The average Bonchev–Trinajstić information content (AvgIpc) is 2.81. The molecule has 0 aromatic carbocycles. The Kier molecular flexibility index (Phi) is 4.48. The molecule has 0 aliphatic heterocycles. The van der Waals surface area contributed by atoms with E-state index in [2.05, 4.69) is 12.2 Å². The van der Waals surface area contributed by atoms with Crippen molar-refractivity contribution in [3.63, 3.8) is 0 Å². The van der Waals surface area contributed by atoms with Crippen LogP contribution in [0.5, 0.6) is 0 Å². The molecule has 1 amide bonds. The fraction of sp³-hybridized carbons (Fsp3) is 0.867. The highest BCUT2D eigenvalue weighted by molar-refractivity contribution is 5.80. The van der Waals surface area contributed by atoms with Crippen molar-refractivity contribution in [2.24, 2.45) is 17.3 Å². The maximum atomic E-state index is 12.1. The van der Waals surface area contributed by atoms with Gasteiger partial charge in [-0.05, 0) is 43.9 Å². The number of nitrogens with one attached hydrogen (secondary N) is 1. The minimum absolute atomic E-state index is 0.0751. The lowest BCUT2D eigenvalue weighted by Crippen LogP contribution is -2.43. The van der Waals surface area contributed by atoms with Gasteiger partial charge in [0, 0.05) is 12.5 Å². The van der Waals surface area contributed by atoms with Crippen LogP contribution in [0.15, 0.2) is 0 Å². The number of carbonyl (C=O) groups is 2. The van der Waals surface area contributed by atoms with Crippen molar-refractivity contribution in [2.75, 3.05) is 6.54 Å². The second-order valence-corrected chi connectivity index (χ2v) is 6.37. The van der Waals surface area contributed by atoms with Crippen LogP contribution in [0.25, 0.3) is 0 Å². The van der Waals surface area contributed by atoms with Crippen LogP contribution in [-0.4, -0.2) is 23.5 Å². The Bertz CT molecular complexity index is 349. The molecule has 2 fully saturated rings. The molecular formula is C15H25NO3. The number of carbonyl (C=O) groups excluding carboxylic acids is 1. The summed E-state index contributed by atoms with van der Waals surface area (Å²) in [4.78, 5) is 23.0. The lowest BCUT2D eigenvalue weighted by Gasteiger charge is -2.42.